The van der Waals surface area contributed by atoms with E-state index >= 15 is 0 Å². The molecule has 0 aliphatic carbocycles. The minimum Gasteiger partial charge on any atom is -0.386 e. The first-order chi connectivity index (χ1) is 22.2. The fourth-order valence-corrected chi connectivity index (χ4v) is 9.25. The van der Waals surface area contributed by atoms with E-state index in [4.69, 9.17) is 4.74 Å². The Balaban J connectivity index is 1.40. The van der Waals surface area contributed by atoms with Gasteiger partial charge in [0.25, 0.3) is 11.8 Å². The maximum atomic E-state index is 14.3. The first-order valence-corrected chi connectivity index (χ1v) is 16.8. The largest absolute Gasteiger partial charge is 0.386 e. The second kappa shape index (κ2) is 9.71. The summed E-state index contributed by atoms with van der Waals surface area (Å²) < 4.78 is 7.42. The van der Waals surface area contributed by atoms with Gasteiger partial charge in [0.15, 0.2) is 0 Å². The maximum Gasteiger partial charge on any atom is 0.346 e. The lowest BCUT2D eigenvalue weighted by atomic mass is 9.82. The molecule has 0 spiro atoms. The number of hydrogen-bond donors (Lipinski definition) is 0. The predicted octanol–water partition coefficient (Wildman–Crippen LogP) is 9.36. The summed E-state index contributed by atoms with van der Waals surface area (Å²) in [7, 11) is 0. The molecule has 2 aliphatic rings. The van der Waals surface area contributed by atoms with Crippen molar-refractivity contribution in [3.8, 4) is 11.4 Å². The number of fused-ring (bicyclic) bond motifs is 2. The highest BCUT2D eigenvalue weighted by atomic mass is 79.9. The van der Waals surface area contributed by atoms with Crippen LogP contribution >= 0.6 is 63.7 Å². The van der Waals surface area contributed by atoms with Gasteiger partial charge in [-0.25, -0.2) is 14.5 Å². The molecule has 0 saturated heterocycles. The molecule has 0 bridgehead atoms. The summed E-state index contributed by atoms with van der Waals surface area (Å²) in [5.74, 6) is -2.44. The van der Waals surface area contributed by atoms with Gasteiger partial charge in [-0.15, -0.1) is 0 Å². The zero-order valence-electron chi connectivity index (χ0n) is 22.7. The number of esters is 2. The number of imide groups is 1. The Morgan fingerprint density at radius 3 is 1.48 bits per heavy atom. The van der Waals surface area contributed by atoms with Gasteiger partial charge in [0.05, 0.1) is 39.3 Å². The molecular weight excluding hydrogens is 850 g/mol. The monoisotopic (exact) mass is 857 g/mol. The van der Waals surface area contributed by atoms with E-state index in [1.54, 1.807) is 60.9 Å². The Labute approximate surface area is 291 Å². The molecule has 5 aromatic carbocycles. The molecule has 0 unspecified atom stereocenters. The fraction of sp³-hybridized carbons (Fsp3) is 0. The van der Waals surface area contributed by atoms with Crippen LogP contribution < -0.4 is 4.90 Å². The number of nitrogens with zero attached hydrogens (tertiary/aromatic N) is 3. The second-order valence-electron chi connectivity index (χ2n) is 10.9. The van der Waals surface area contributed by atoms with E-state index in [0.29, 0.717) is 89.2 Å². The third-order valence-electron chi connectivity index (χ3n) is 8.54. The molecule has 2 amide bonds. The highest BCUT2D eigenvalue weighted by molar-refractivity contribution is 9.11. The number of aromatic nitrogens is 2. The summed E-state index contributed by atoms with van der Waals surface area (Å²) in [6.45, 7) is 0. The Bertz CT molecular complexity index is 2510. The van der Waals surface area contributed by atoms with Crippen LogP contribution in [0.2, 0.25) is 0 Å². The van der Waals surface area contributed by atoms with Gasteiger partial charge in [0, 0.05) is 73.4 Å². The van der Waals surface area contributed by atoms with E-state index in [9.17, 15) is 19.2 Å². The zero-order valence-corrected chi connectivity index (χ0v) is 29.1. The number of hydrogen-bond acceptors (Lipinski definition) is 7. The third-order valence-corrected chi connectivity index (χ3v) is 11.0. The van der Waals surface area contributed by atoms with Crippen LogP contribution in [0.5, 0.6) is 0 Å². The average Bonchev–Trinajstić information content (AvgIpc) is 3.04. The van der Waals surface area contributed by atoms with Gasteiger partial charge in [-0.1, -0.05) is 69.8 Å². The van der Waals surface area contributed by atoms with Gasteiger partial charge in [0.1, 0.15) is 0 Å². The first-order valence-electron chi connectivity index (χ1n) is 13.7. The summed E-state index contributed by atoms with van der Waals surface area (Å²) >= 11 is 14.9. The van der Waals surface area contributed by atoms with Crippen molar-refractivity contribution in [2.45, 2.75) is 0 Å². The molecule has 220 valence electrons. The molecule has 0 saturated carbocycles. The van der Waals surface area contributed by atoms with Crippen molar-refractivity contribution >= 4 is 136 Å². The highest BCUT2D eigenvalue weighted by Gasteiger charge is 2.39. The van der Waals surface area contributed by atoms with E-state index < -0.39 is 23.8 Å². The summed E-state index contributed by atoms with van der Waals surface area (Å²) in [5, 5.41) is 5.20. The quantitative estimate of drug-likeness (QED) is 0.0561. The Morgan fingerprint density at radius 1 is 0.500 bits per heavy atom. The van der Waals surface area contributed by atoms with Crippen molar-refractivity contribution in [2.75, 3.05) is 4.90 Å². The Morgan fingerprint density at radius 2 is 0.978 bits per heavy atom. The van der Waals surface area contributed by atoms with Gasteiger partial charge < -0.3 is 4.74 Å². The molecule has 2 aliphatic heterocycles. The fourth-order valence-electron chi connectivity index (χ4n) is 6.75. The molecule has 0 fully saturated rings. The summed E-state index contributed by atoms with van der Waals surface area (Å²) in [6.07, 6.45) is 3.20. The van der Waals surface area contributed by atoms with Crippen molar-refractivity contribution in [3.05, 3.63) is 107 Å². The van der Waals surface area contributed by atoms with E-state index in [0.717, 1.165) is 4.90 Å². The Kier molecular flexibility index (Phi) is 5.94. The lowest BCUT2D eigenvalue weighted by molar-refractivity contribution is 0.0390. The van der Waals surface area contributed by atoms with Crippen LogP contribution in [0.4, 0.5) is 5.69 Å². The number of ether oxygens (including phenoxy) is 1. The molecular formula is C34H11Br4N3O5. The Hall–Kier alpha value is -4.10. The molecule has 8 nitrogen and oxygen atoms in total. The number of anilines is 1. The maximum absolute atomic E-state index is 14.3. The van der Waals surface area contributed by atoms with Gasteiger partial charge in [-0.05, 0) is 48.5 Å². The predicted molar refractivity (Wildman–Crippen MR) is 187 cm³/mol. The van der Waals surface area contributed by atoms with Crippen LogP contribution in [0.25, 0.3) is 54.5 Å². The lowest BCUT2D eigenvalue weighted by Gasteiger charge is -2.30. The molecule has 9 rings (SSSR count). The molecule has 2 aromatic heterocycles. The van der Waals surface area contributed by atoms with Gasteiger partial charge >= 0.3 is 11.9 Å². The van der Waals surface area contributed by atoms with E-state index in [1.165, 1.54) is 0 Å². The highest BCUT2D eigenvalue weighted by Crippen LogP contribution is 2.53. The van der Waals surface area contributed by atoms with Crippen LogP contribution in [-0.2, 0) is 4.74 Å². The van der Waals surface area contributed by atoms with Crippen molar-refractivity contribution in [1.29, 1.82) is 0 Å². The number of amides is 2. The summed E-state index contributed by atoms with van der Waals surface area (Å²) in [4.78, 5) is 64.4. The van der Waals surface area contributed by atoms with Crippen LogP contribution in [-0.4, -0.2) is 33.7 Å². The summed E-state index contributed by atoms with van der Waals surface area (Å²) in [5.41, 5.74) is 2.69. The van der Waals surface area contributed by atoms with Gasteiger partial charge in [0.2, 0.25) is 0 Å². The molecule has 4 heterocycles. The van der Waals surface area contributed by atoms with Crippen LogP contribution in [0.3, 0.4) is 0 Å². The molecule has 46 heavy (non-hydrogen) atoms. The van der Waals surface area contributed by atoms with Crippen molar-refractivity contribution in [2.24, 2.45) is 0 Å². The summed E-state index contributed by atoms with van der Waals surface area (Å²) in [6, 6.07) is 15.5. The van der Waals surface area contributed by atoms with E-state index in [-0.39, 0.29) is 11.1 Å². The molecule has 0 atom stereocenters. The van der Waals surface area contributed by atoms with Crippen molar-refractivity contribution in [3.63, 3.8) is 0 Å². The van der Waals surface area contributed by atoms with Crippen molar-refractivity contribution in [1.82, 2.24) is 9.97 Å². The molecule has 0 radical (unpaired) electrons. The minimum atomic E-state index is -0.731. The third kappa shape index (κ3) is 3.58. The molecule has 0 N–H and O–H groups in total. The molecule has 12 heteroatoms. The van der Waals surface area contributed by atoms with Crippen LogP contribution in [0.1, 0.15) is 41.4 Å². The van der Waals surface area contributed by atoms with Crippen LogP contribution in [0.15, 0.2) is 84.9 Å². The standard InChI is InChI=1S/C34H11Br4N3O5/c35-17-8-13-23-14(32(43)41(31(13)42)12-4-6-40-22(7-12)21-3-1-2-5-39-21)9-18(36)26-28-20(38)11-16-24-15(33(44)46-34(16)45)10-19(37)27(30(24)28)25(17)29(23)26/h1-11H. The van der Waals surface area contributed by atoms with Crippen LogP contribution in [0, 0.1) is 0 Å². The van der Waals surface area contributed by atoms with E-state index in [1.807, 2.05) is 6.07 Å². The van der Waals surface area contributed by atoms with E-state index in [2.05, 4.69) is 73.7 Å². The number of cyclic esters (lactones) is 2. The van der Waals surface area contributed by atoms with Gasteiger partial charge in [-0.3, -0.25) is 19.6 Å². The SMILES string of the molecule is O=C1OC(=O)c2cc(Br)c3c4c(Br)cc5c6c(cc(Br)c(c7c(Br)cc1c2c73)c64)C(=O)N(c1ccnc(-c2ccccn2)c1)C5=O. The van der Waals surface area contributed by atoms with Gasteiger partial charge in [-0.2, -0.15) is 0 Å². The lowest BCUT2D eigenvalue weighted by Crippen LogP contribution is -2.40. The minimum absolute atomic E-state index is 0.263. The average molecular weight is 861 g/mol. The normalized spacial score (nSPS) is 14.4. The number of halogens is 4. The second-order valence-corrected chi connectivity index (χ2v) is 14.3. The number of pyridine rings is 2. The topological polar surface area (TPSA) is 107 Å². The number of carbonyl (C=O) groups excluding carboxylic acids is 4. The number of rotatable bonds is 2. The molecule has 7 aromatic rings. The number of benzene rings is 5. The van der Waals surface area contributed by atoms with Crippen molar-refractivity contribution < 1.29 is 23.9 Å². The number of carbonyl (C=O) groups is 4. The zero-order chi connectivity index (χ0) is 31.8. The smallest absolute Gasteiger partial charge is 0.346 e. The first kappa shape index (κ1) is 28.1.